The van der Waals surface area contributed by atoms with E-state index in [9.17, 15) is 4.79 Å². The number of carbonyl (C=O) groups is 1. The van der Waals surface area contributed by atoms with Gasteiger partial charge in [-0.15, -0.1) is 0 Å². The van der Waals surface area contributed by atoms with Crippen molar-refractivity contribution in [1.29, 1.82) is 0 Å². The lowest BCUT2D eigenvalue weighted by Crippen LogP contribution is -2.45. The second kappa shape index (κ2) is 4.71. The first kappa shape index (κ1) is 15.3. The van der Waals surface area contributed by atoms with Crippen LogP contribution in [-0.4, -0.2) is 25.2 Å². The minimum absolute atomic E-state index is 0.0528. The molecule has 0 aromatic rings. The normalized spacial score (nSPS) is 44.5. The van der Waals surface area contributed by atoms with E-state index >= 15 is 0 Å². The van der Waals surface area contributed by atoms with Gasteiger partial charge < -0.3 is 10.1 Å². The molecule has 3 heteroatoms. The molecule has 1 saturated heterocycles. The third kappa shape index (κ3) is 1.92. The fraction of sp³-hybridized carbons (Fsp3) is 0.944. The number of esters is 1. The van der Waals surface area contributed by atoms with Crippen LogP contribution in [0.3, 0.4) is 0 Å². The van der Waals surface area contributed by atoms with Crippen LogP contribution >= 0.6 is 0 Å². The maximum absolute atomic E-state index is 12.9. The van der Waals surface area contributed by atoms with Gasteiger partial charge in [0.05, 0.1) is 5.41 Å². The molecule has 4 atom stereocenters. The molecular formula is C18H31NO2. The number of rotatable bonds is 3. The Morgan fingerprint density at radius 3 is 2.38 bits per heavy atom. The molecule has 3 fully saturated rings. The van der Waals surface area contributed by atoms with E-state index in [1.807, 2.05) is 0 Å². The predicted molar refractivity (Wildman–Crippen MR) is 83.9 cm³/mol. The molecule has 0 aromatic carbocycles. The number of ether oxygens (including phenoxy) is 1. The fourth-order valence-electron chi connectivity index (χ4n) is 5.17. The molecule has 0 radical (unpaired) electrons. The summed E-state index contributed by atoms with van der Waals surface area (Å²) in [6, 6.07) is 0. The van der Waals surface area contributed by atoms with E-state index in [1.54, 1.807) is 0 Å². The number of carbonyl (C=O) groups excluding carboxylic acids is 1. The summed E-state index contributed by atoms with van der Waals surface area (Å²) in [6.07, 6.45) is 4.61. The fourth-order valence-corrected chi connectivity index (χ4v) is 5.17. The molecule has 4 unspecified atom stereocenters. The van der Waals surface area contributed by atoms with Crippen molar-refractivity contribution in [2.24, 2.45) is 28.1 Å². The van der Waals surface area contributed by atoms with Crippen LogP contribution in [0, 0.1) is 28.1 Å². The van der Waals surface area contributed by atoms with Crippen molar-refractivity contribution in [3.63, 3.8) is 0 Å². The van der Waals surface area contributed by atoms with Crippen molar-refractivity contribution in [3.8, 4) is 0 Å². The van der Waals surface area contributed by atoms with Gasteiger partial charge in [0.1, 0.15) is 6.10 Å². The Morgan fingerprint density at radius 1 is 1.24 bits per heavy atom. The summed E-state index contributed by atoms with van der Waals surface area (Å²) < 4.78 is 6.15. The van der Waals surface area contributed by atoms with E-state index in [-0.39, 0.29) is 22.9 Å². The zero-order valence-electron chi connectivity index (χ0n) is 14.3. The molecule has 1 N–H and O–H groups in total. The Morgan fingerprint density at radius 2 is 1.95 bits per heavy atom. The molecule has 0 aromatic heterocycles. The second-order valence-corrected chi connectivity index (χ2v) is 8.74. The van der Waals surface area contributed by atoms with Gasteiger partial charge in [0, 0.05) is 12.0 Å². The first-order valence-electron chi connectivity index (χ1n) is 8.66. The minimum atomic E-state index is -0.303. The van der Waals surface area contributed by atoms with E-state index < -0.39 is 0 Å². The van der Waals surface area contributed by atoms with Crippen LogP contribution < -0.4 is 5.32 Å². The zero-order valence-corrected chi connectivity index (χ0v) is 14.3. The minimum Gasteiger partial charge on any atom is -0.461 e. The van der Waals surface area contributed by atoms with Gasteiger partial charge in [-0.25, -0.2) is 0 Å². The van der Waals surface area contributed by atoms with Crippen molar-refractivity contribution in [1.82, 2.24) is 5.32 Å². The van der Waals surface area contributed by atoms with Gasteiger partial charge >= 0.3 is 5.97 Å². The molecule has 2 bridgehead atoms. The Bertz CT molecular complexity index is 436. The average molecular weight is 293 g/mol. The zero-order chi connectivity index (χ0) is 15.5. The van der Waals surface area contributed by atoms with Crippen LogP contribution in [0.2, 0.25) is 0 Å². The van der Waals surface area contributed by atoms with Gasteiger partial charge in [-0.3, -0.25) is 4.79 Å². The highest BCUT2D eigenvalue weighted by atomic mass is 16.5. The van der Waals surface area contributed by atoms with Gasteiger partial charge in [-0.05, 0) is 49.5 Å². The molecule has 2 saturated carbocycles. The van der Waals surface area contributed by atoms with Crippen LogP contribution in [0.4, 0.5) is 0 Å². The summed E-state index contributed by atoms with van der Waals surface area (Å²) in [4.78, 5) is 12.9. The van der Waals surface area contributed by atoms with E-state index in [0.717, 1.165) is 31.8 Å². The molecule has 2 aliphatic carbocycles. The summed E-state index contributed by atoms with van der Waals surface area (Å²) in [5, 5.41) is 3.36. The third-order valence-electron chi connectivity index (χ3n) is 7.66. The maximum atomic E-state index is 12.9. The number of hydrogen-bond acceptors (Lipinski definition) is 3. The molecule has 3 nitrogen and oxygen atoms in total. The van der Waals surface area contributed by atoms with Crippen molar-refractivity contribution in [2.75, 3.05) is 13.1 Å². The highest BCUT2D eigenvalue weighted by molar-refractivity contribution is 5.78. The Labute approximate surface area is 129 Å². The van der Waals surface area contributed by atoms with Gasteiger partial charge in [-0.1, -0.05) is 34.6 Å². The number of hydrogen-bond donors (Lipinski definition) is 1. The van der Waals surface area contributed by atoms with Crippen molar-refractivity contribution in [3.05, 3.63) is 0 Å². The van der Waals surface area contributed by atoms with Gasteiger partial charge in [0.2, 0.25) is 0 Å². The smallest absolute Gasteiger partial charge is 0.313 e. The van der Waals surface area contributed by atoms with Gasteiger partial charge in [0.15, 0.2) is 0 Å². The van der Waals surface area contributed by atoms with Crippen LogP contribution in [0.5, 0.6) is 0 Å². The largest absolute Gasteiger partial charge is 0.461 e. The molecule has 1 heterocycles. The molecule has 3 aliphatic rings. The summed E-state index contributed by atoms with van der Waals surface area (Å²) in [5.41, 5.74) is 0.163. The molecule has 120 valence electrons. The van der Waals surface area contributed by atoms with E-state index in [4.69, 9.17) is 4.74 Å². The standard InChI is InChI=1S/C18H31NO2/c1-12(2)18(8-9-19-11-18)15(20)21-14-10-13-6-7-17(14,5)16(13,3)4/h12-14,19H,6-11H2,1-5H3. The highest BCUT2D eigenvalue weighted by Gasteiger charge is 2.63. The summed E-state index contributed by atoms with van der Waals surface area (Å²) in [6.45, 7) is 13.1. The molecule has 0 amide bonds. The van der Waals surface area contributed by atoms with Crippen LogP contribution in [-0.2, 0) is 9.53 Å². The lowest BCUT2D eigenvalue weighted by molar-refractivity contribution is -0.171. The summed E-state index contributed by atoms with van der Waals surface area (Å²) in [7, 11) is 0. The van der Waals surface area contributed by atoms with Crippen LogP contribution in [0.15, 0.2) is 0 Å². The monoisotopic (exact) mass is 293 g/mol. The SMILES string of the molecule is CC(C)C1(C(=O)OC2CC3CCC2(C)C3(C)C)CCNC1. The highest BCUT2D eigenvalue weighted by Crippen LogP contribution is 2.66. The van der Waals surface area contributed by atoms with Crippen molar-refractivity contribution >= 4 is 5.97 Å². The molecule has 0 spiro atoms. The van der Waals surface area contributed by atoms with Crippen LogP contribution in [0.25, 0.3) is 0 Å². The molecule has 21 heavy (non-hydrogen) atoms. The van der Waals surface area contributed by atoms with Gasteiger partial charge in [-0.2, -0.15) is 0 Å². The van der Waals surface area contributed by atoms with E-state index in [2.05, 4.69) is 39.9 Å². The van der Waals surface area contributed by atoms with Crippen molar-refractivity contribution < 1.29 is 9.53 Å². The van der Waals surface area contributed by atoms with E-state index in [0.29, 0.717) is 11.3 Å². The predicted octanol–water partition coefficient (Wildman–Crippen LogP) is 3.38. The average Bonchev–Trinajstić information content (AvgIpc) is 3.02. The van der Waals surface area contributed by atoms with Gasteiger partial charge in [0.25, 0.3) is 0 Å². The Hall–Kier alpha value is -0.570. The Balaban J connectivity index is 1.77. The Kier molecular flexibility index (Phi) is 3.44. The van der Waals surface area contributed by atoms with Crippen molar-refractivity contribution in [2.45, 2.75) is 66.4 Å². The maximum Gasteiger partial charge on any atom is 0.313 e. The number of nitrogens with one attached hydrogen (secondary N) is 1. The first-order valence-corrected chi connectivity index (χ1v) is 8.66. The van der Waals surface area contributed by atoms with E-state index in [1.165, 1.54) is 12.8 Å². The summed E-state index contributed by atoms with van der Waals surface area (Å²) >= 11 is 0. The molecule has 3 rings (SSSR count). The quantitative estimate of drug-likeness (QED) is 0.811. The first-order chi connectivity index (χ1) is 9.74. The topological polar surface area (TPSA) is 38.3 Å². The lowest BCUT2D eigenvalue weighted by Gasteiger charge is -2.40. The second-order valence-electron chi connectivity index (χ2n) is 8.74. The molecule has 1 aliphatic heterocycles. The lowest BCUT2D eigenvalue weighted by atomic mass is 9.69. The third-order valence-corrected chi connectivity index (χ3v) is 7.66. The van der Waals surface area contributed by atoms with Crippen LogP contribution in [0.1, 0.15) is 60.3 Å². The molecular weight excluding hydrogens is 262 g/mol. The number of fused-ring (bicyclic) bond motifs is 2. The summed E-state index contributed by atoms with van der Waals surface area (Å²) in [5.74, 6) is 1.11.